The van der Waals surface area contributed by atoms with E-state index in [1.165, 1.54) is 17.5 Å². The van der Waals surface area contributed by atoms with E-state index in [1.54, 1.807) is 17.0 Å². The molecule has 10 heteroatoms. The van der Waals surface area contributed by atoms with E-state index in [-0.39, 0.29) is 29.6 Å². The van der Waals surface area contributed by atoms with E-state index >= 15 is 0 Å². The molecule has 0 unspecified atom stereocenters. The number of benzene rings is 2. The molecule has 0 aliphatic carbocycles. The summed E-state index contributed by atoms with van der Waals surface area (Å²) in [6.45, 7) is 3.69. The maximum absolute atomic E-state index is 13.2. The van der Waals surface area contributed by atoms with Crippen molar-refractivity contribution in [1.82, 2.24) is 9.21 Å². The predicted molar refractivity (Wildman–Crippen MR) is 122 cm³/mol. The lowest BCUT2D eigenvalue weighted by Crippen LogP contribution is -2.48. The van der Waals surface area contributed by atoms with Gasteiger partial charge in [0.1, 0.15) is 10.6 Å². The smallest absolute Gasteiger partial charge is 0.254 e. The molecule has 0 saturated carbocycles. The Kier molecular flexibility index (Phi) is 6.90. The largest absolute Gasteiger partial charge is 0.495 e. The first-order chi connectivity index (χ1) is 15.4. The Balaban J connectivity index is 1.50. The van der Waals surface area contributed by atoms with Gasteiger partial charge < -0.3 is 19.3 Å². The van der Waals surface area contributed by atoms with Crippen LogP contribution < -0.4 is 9.64 Å². The standard InChI is InChI=1S/C22H26ClN3O5S/c1-30-20-7-2-17(16-21(20)32(28,29)26-12-14-31-15-13-26)22(27)25-10-8-24(9-11-25)19-5-3-18(23)4-6-19/h2-7,16H,8-15H2,1H3. The van der Waals surface area contributed by atoms with E-state index in [9.17, 15) is 13.2 Å². The molecule has 0 aromatic heterocycles. The highest BCUT2D eigenvalue weighted by Crippen LogP contribution is 2.29. The second-order valence-electron chi connectivity index (χ2n) is 7.64. The number of ether oxygens (including phenoxy) is 2. The molecule has 0 N–H and O–H groups in total. The fourth-order valence-electron chi connectivity index (χ4n) is 3.94. The van der Waals surface area contributed by atoms with Gasteiger partial charge in [-0.15, -0.1) is 0 Å². The number of nitrogens with zero attached hydrogens (tertiary/aromatic N) is 3. The van der Waals surface area contributed by atoms with E-state index in [1.807, 2.05) is 24.3 Å². The monoisotopic (exact) mass is 479 g/mol. The van der Waals surface area contributed by atoms with Gasteiger partial charge in [-0.3, -0.25) is 4.79 Å². The third-order valence-corrected chi connectivity index (χ3v) is 7.93. The fraction of sp³-hybridized carbons (Fsp3) is 0.409. The zero-order valence-electron chi connectivity index (χ0n) is 17.9. The molecule has 2 aromatic rings. The van der Waals surface area contributed by atoms with Gasteiger partial charge in [-0.25, -0.2) is 8.42 Å². The number of rotatable bonds is 5. The Hall–Kier alpha value is -2.33. The van der Waals surface area contributed by atoms with Crippen LogP contribution in [-0.2, 0) is 14.8 Å². The molecule has 2 heterocycles. The van der Waals surface area contributed by atoms with Gasteiger partial charge in [-0.2, -0.15) is 4.31 Å². The third kappa shape index (κ3) is 4.71. The van der Waals surface area contributed by atoms with Gasteiger partial charge in [0.2, 0.25) is 10.0 Å². The van der Waals surface area contributed by atoms with E-state index in [0.29, 0.717) is 50.0 Å². The lowest BCUT2D eigenvalue weighted by molar-refractivity contribution is 0.0728. The quantitative estimate of drug-likeness (QED) is 0.655. The van der Waals surface area contributed by atoms with Gasteiger partial charge in [0.25, 0.3) is 5.91 Å². The summed E-state index contributed by atoms with van der Waals surface area (Å²) in [5.74, 6) is 0.0300. The average Bonchev–Trinajstić information content (AvgIpc) is 2.84. The van der Waals surface area contributed by atoms with E-state index < -0.39 is 10.0 Å². The Bertz CT molecular complexity index is 1060. The lowest BCUT2D eigenvalue weighted by Gasteiger charge is -2.36. The van der Waals surface area contributed by atoms with Crippen LogP contribution in [0.1, 0.15) is 10.4 Å². The minimum absolute atomic E-state index is 0.00699. The normalized spacial score (nSPS) is 17.9. The summed E-state index contributed by atoms with van der Waals surface area (Å²) in [5.41, 5.74) is 1.39. The lowest BCUT2D eigenvalue weighted by atomic mass is 10.1. The highest BCUT2D eigenvalue weighted by Gasteiger charge is 2.31. The maximum Gasteiger partial charge on any atom is 0.254 e. The maximum atomic E-state index is 13.2. The molecule has 2 saturated heterocycles. The zero-order chi connectivity index (χ0) is 22.7. The highest BCUT2D eigenvalue weighted by molar-refractivity contribution is 7.89. The first-order valence-electron chi connectivity index (χ1n) is 10.5. The molecule has 2 fully saturated rings. The van der Waals surface area contributed by atoms with E-state index in [0.717, 1.165) is 5.69 Å². The molecule has 2 aromatic carbocycles. The van der Waals surface area contributed by atoms with Gasteiger partial charge in [0, 0.05) is 55.5 Å². The van der Waals surface area contributed by atoms with Crippen LogP contribution in [0.5, 0.6) is 5.75 Å². The summed E-state index contributed by atoms with van der Waals surface area (Å²) in [6.07, 6.45) is 0. The zero-order valence-corrected chi connectivity index (χ0v) is 19.4. The molecule has 32 heavy (non-hydrogen) atoms. The summed E-state index contributed by atoms with van der Waals surface area (Å²) in [5, 5.41) is 0.685. The minimum Gasteiger partial charge on any atom is -0.495 e. The molecule has 0 spiro atoms. The molecule has 4 rings (SSSR count). The van der Waals surface area contributed by atoms with Crippen LogP contribution >= 0.6 is 11.6 Å². The SMILES string of the molecule is COc1ccc(C(=O)N2CCN(c3ccc(Cl)cc3)CC2)cc1S(=O)(=O)N1CCOCC1. The molecule has 2 aliphatic rings. The van der Waals surface area contributed by atoms with Gasteiger partial charge in [0.15, 0.2) is 0 Å². The predicted octanol–water partition coefficient (Wildman–Crippen LogP) is 2.33. The number of methoxy groups -OCH3 is 1. The Labute approximate surface area is 193 Å². The molecule has 0 bridgehead atoms. The topological polar surface area (TPSA) is 79.4 Å². The summed E-state index contributed by atoms with van der Waals surface area (Å²) in [4.78, 5) is 17.1. The number of hydrogen-bond donors (Lipinski definition) is 0. The third-order valence-electron chi connectivity index (χ3n) is 5.76. The number of hydrogen-bond acceptors (Lipinski definition) is 6. The van der Waals surface area contributed by atoms with Gasteiger partial charge in [-0.1, -0.05) is 11.6 Å². The van der Waals surface area contributed by atoms with E-state index in [4.69, 9.17) is 21.1 Å². The number of piperazine rings is 1. The van der Waals surface area contributed by atoms with Crippen molar-refractivity contribution < 1.29 is 22.7 Å². The molecular weight excluding hydrogens is 454 g/mol. The number of sulfonamides is 1. The first-order valence-corrected chi connectivity index (χ1v) is 12.3. The van der Waals surface area contributed by atoms with Crippen molar-refractivity contribution in [3.8, 4) is 5.75 Å². The second kappa shape index (κ2) is 9.66. The number of carbonyl (C=O) groups excluding carboxylic acids is 1. The molecule has 0 atom stereocenters. The summed E-state index contributed by atoms with van der Waals surface area (Å²) >= 11 is 5.97. The molecule has 0 radical (unpaired) electrons. The van der Waals surface area contributed by atoms with Gasteiger partial charge in [0.05, 0.1) is 20.3 Å². The van der Waals surface area contributed by atoms with Gasteiger partial charge in [-0.05, 0) is 42.5 Å². The molecular formula is C22H26ClN3O5S. The van der Waals surface area contributed by atoms with Crippen LogP contribution in [0.4, 0.5) is 5.69 Å². The van der Waals surface area contributed by atoms with Crippen molar-refractivity contribution in [2.75, 3.05) is 64.5 Å². The number of amides is 1. The Morgan fingerprint density at radius 3 is 2.25 bits per heavy atom. The summed E-state index contributed by atoms with van der Waals surface area (Å²) in [6, 6.07) is 12.2. The van der Waals surface area contributed by atoms with Crippen molar-refractivity contribution in [3.05, 3.63) is 53.1 Å². The van der Waals surface area contributed by atoms with Crippen LogP contribution in [0.3, 0.4) is 0 Å². The van der Waals surface area contributed by atoms with Crippen LogP contribution in [0.2, 0.25) is 5.02 Å². The van der Waals surface area contributed by atoms with Gasteiger partial charge >= 0.3 is 0 Å². The van der Waals surface area contributed by atoms with Crippen molar-refractivity contribution >= 4 is 33.2 Å². The van der Waals surface area contributed by atoms with Crippen molar-refractivity contribution in [2.45, 2.75) is 4.90 Å². The van der Waals surface area contributed by atoms with Crippen molar-refractivity contribution in [1.29, 1.82) is 0 Å². The van der Waals surface area contributed by atoms with Crippen molar-refractivity contribution in [3.63, 3.8) is 0 Å². The van der Waals surface area contributed by atoms with Crippen LogP contribution in [-0.4, -0.2) is 83.1 Å². The molecule has 1 amide bonds. The summed E-state index contributed by atoms with van der Waals surface area (Å²) in [7, 11) is -2.38. The number of morpholine rings is 1. The summed E-state index contributed by atoms with van der Waals surface area (Å²) < 4.78 is 38.3. The van der Waals surface area contributed by atoms with Crippen LogP contribution in [0, 0.1) is 0 Å². The molecule has 8 nitrogen and oxygen atoms in total. The average molecular weight is 480 g/mol. The highest BCUT2D eigenvalue weighted by atomic mass is 35.5. The Morgan fingerprint density at radius 1 is 0.969 bits per heavy atom. The van der Waals surface area contributed by atoms with Crippen LogP contribution in [0.15, 0.2) is 47.4 Å². The number of halogens is 1. The van der Waals surface area contributed by atoms with Crippen LogP contribution in [0.25, 0.3) is 0 Å². The number of anilines is 1. The molecule has 2 aliphatic heterocycles. The van der Waals surface area contributed by atoms with E-state index in [2.05, 4.69) is 4.90 Å². The van der Waals surface area contributed by atoms with Crippen molar-refractivity contribution in [2.24, 2.45) is 0 Å². The number of carbonyl (C=O) groups is 1. The minimum atomic E-state index is -3.80. The second-order valence-corrected chi connectivity index (χ2v) is 9.98. The molecule has 172 valence electrons. The fourth-order valence-corrected chi connectivity index (χ4v) is 5.66. The Morgan fingerprint density at radius 2 is 1.62 bits per heavy atom. The first kappa shape index (κ1) is 22.8.